The SMILES string of the molecule is Cc1ccccc1NC(=O)NCCCC[C@H](NC(=O)C(Cc1c[nH]c2ccccc12)NC(=O)OC(C)(C)C)C(=O)N[C@@H]1CC(=O)N([C@@H](Cc2ccccc2)C(N)=O)C1. The first kappa shape index (κ1) is 42.8. The number of H-pyrrole nitrogens is 1. The lowest BCUT2D eigenvalue weighted by atomic mass is 10.0. The largest absolute Gasteiger partial charge is 0.444 e. The van der Waals surface area contributed by atoms with E-state index < -0.39 is 53.6 Å². The molecule has 15 nitrogen and oxygen atoms in total. The summed E-state index contributed by atoms with van der Waals surface area (Å²) in [6.45, 7) is 7.38. The number of fused-ring (bicyclic) bond motifs is 1. The molecule has 0 spiro atoms. The highest BCUT2D eigenvalue weighted by Crippen LogP contribution is 2.21. The number of carbonyl (C=O) groups is 6. The Morgan fingerprint density at radius 3 is 2.31 bits per heavy atom. The van der Waals surface area contributed by atoms with Crippen LogP contribution in [0.25, 0.3) is 10.9 Å². The maximum atomic E-state index is 14.1. The van der Waals surface area contributed by atoms with Gasteiger partial charge in [0.2, 0.25) is 23.6 Å². The topological polar surface area (TPSA) is 217 Å². The monoisotopic (exact) mass is 794 g/mol. The number of anilines is 1. The number of aromatic nitrogens is 1. The van der Waals surface area contributed by atoms with E-state index in [4.69, 9.17) is 10.5 Å². The van der Waals surface area contributed by atoms with Gasteiger partial charge in [-0.05, 0) is 75.8 Å². The Labute approximate surface area is 338 Å². The van der Waals surface area contributed by atoms with Gasteiger partial charge >= 0.3 is 12.1 Å². The molecule has 2 heterocycles. The van der Waals surface area contributed by atoms with Crippen LogP contribution in [0.4, 0.5) is 15.3 Å². The Kier molecular flexibility index (Phi) is 14.5. The molecule has 5 rings (SSSR count). The van der Waals surface area contributed by atoms with E-state index in [-0.39, 0.29) is 44.2 Å². The quantitative estimate of drug-likeness (QED) is 0.0773. The molecule has 4 aromatic rings. The molecular weight excluding hydrogens is 741 g/mol. The van der Waals surface area contributed by atoms with Crippen molar-refractivity contribution in [2.24, 2.45) is 5.73 Å². The molecule has 58 heavy (non-hydrogen) atoms. The van der Waals surface area contributed by atoms with Crippen LogP contribution in [-0.2, 0) is 36.8 Å². The van der Waals surface area contributed by atoms with Crippen LogP contribution in [0.5, 0.6) is 0 Å². The van der Waals surface area contributed by atoms with Gasteiger partial charge in [0.15, 0.2) is 0 Å². The van der Waals surface area contributed by atoms with Crippen molar-refractivity contribution in [3.63, 3.8) is 0 Å². The lowest BCUT2D eigenvalue weighted by Crippen LogP contribution is -2.56. The van der Waals surface area contributed by atoms with Crippen molar-refractivity contribution >= 4 is 52.3 Å². The van der Waals surface area contributed by atoms with Crippen LogP contribution >= 0.6 is 0 Å². The van der Waals surface area contributed by atoms with Gasteiger partial charge in [-0.15, -0.1) is 0 Å². The van der Waals surface area contributed by atoms with Gasteiger partial charge < -0.3 is 46.9 Å². The van der Waals surface area contributed by atoms with Crippen molar-refractivity contribution in [3.8, 4) is 0 Å². The molecule has 7 amide bonds. The van der Waals surface area contributed by atoms with Crippen molar-refractivity contribution in [3.05, 3.63) is 102 Å². The third kappa shape index (κ3) is 12.3. The summed E-state index contributed by atoms with van der Waals surface area (Å²) in [7, 11) is 0. The third-order valence-corrected chi connectivity index (χ3v) is 9.82. The number of ether oxygens (including phenoxy) is 1. The first-order valence-corrected chi connectivity index (χ1v) is 19.5. The number of rotatable bonds is 17. The molecule has 1 saturated heterocycles. The Morgan fingerprint density at radius 1 is 0.879 bits per heavy atom. The number of nitrogens with zero attached hydrogens (tertiary/aromatic N) is 1. The number of hydrogen-bond acceptors (Lipinski definition) is 7. The minimum atomic E-state index is -1.13. The van der Waals surface area contributed by atoms with Crippen molar-refractivity contribution in [2.45, 2.75) is 96.0 Å². The summed E-state index contributed by atoms with van der Waals surface area (Å²) in [4.78, 5) is 84.1. The van der Waals surface area contributed by atoms with E-state index in [9.17, 15) is 28.8 Å². The molecule has 1 aliphatic rings. The summed E-state index contributed by atoms with van der Waals surface area (Å²) in [5.41, 5.74) is 8.99. The zero-order chi connectivity index (χ0) is 41.8. The van der Waals surface area contributed by atoms with Gasteiger partial charge in [0.05, 0.1) is 6.04 Å². The van der Waals surface area contributed by atoms with Crippen molar-refractivity contribution < 1.29 is 33.5 Å². The molecule has 308 valence electrons. The fourth-order valence-electron chi connectivity index (χ4n) is 6.91. The molecule has 4 atom stereocenters. The zero-order valence-electron chi connectivity index (χ0n) is 33.4. The number of para-hydroxylation sites is 2. The molecule has 1 fully saturated rings. The Bertz CT molecular complexity index is 2080. The van der Waals surface area contributed by atoms with Gasteiger partial charge in [-0.2, -0.15) is 0 Å². The molecule has 1 aromatic heterocycles. The van der Waals surface area contributed by atoms with Gasteiger partial charge in [-0.1, -0.05) is 66.7 Å². The summed E-state index contributed by atoms with van der Waals surface area (Å²) in [6.07, 6.45) is 2.30. The maximum absolute atomic E-state index is 14.1. The summed E-state index contributed by atoms with van der Waals surface area (Å²) in [5.74, 6) is -2.15. The van der Waals surface area contributed by atoms with Crippen LogP contribution in [-0.4, -0.2) is 88.5 Å². The van der Waals surface area contributed by atoms with Crippen LogP contribution in [0.3, 0.4) is 0 Å². The van der Waals surface area contributed by atoms with Gasteiger partial charge in [0, 0.05) is 55.1 Å². The van der Waals surface area contributed by atoms with E-state index in [2.05, 4.69) is 31.6 Å². The summed E-state index contributed by atoms with van der Waals surface area (Å²) >= 11 is 0. The van der Waals surface area contributed by atoms with Crippen molar-refractivity contribution in [1.29, 1.82) is 0 Å². The van der Waals surface area contributed by atoms with Crippen molar-refractivity contribution in [1.82, 2.24) is 31.2 Å². The Morgan fingerprint density at radius 2 is 1.59 bits per heavy atom. The molecule has 0 aliphatic carbocycles. The average Bonchev–Trinajstić information content (AvgIpc) is 3.75. The minimum absolute atomic E-state index is 0.0506. The molecule has 0 bridgehead atoms. The van der Waals surface area contributed by atoms with Crippen LogP contribution in [0.15, 0.2) is 85.1 Å². The van der Waals surface area contributed by atoms with E-state index in [1.165, 1.54) is 4.90 Å². The fourth-order valence-corrected chi connectivity index (χ4v) is 6.91. The molecule has 15 heteroatoms. The van der Waals surface area contributed by atoms with Crippen LogP contribution in [0, 0.1) is 6.92 Å². The van der Waals surface area contributed by atoms with Crippen LogP contribution < -0.4 is 32.3 Å². The molecular formula is C43H54N8O7. The van der Waals surface area contributed by atoms with Gasteiger partial charge in [0.1, 0.15) is 23.7 Å². The van der Waals surface area contributed by atoms with E-state index in [1.54, 1.807) is 33.0 Å². The van der Waals surface area contributed by atoms with Crippen LogP contribution in [0.1, 0.15) is 63.1 Å². The number of alkyl carbamates (subject to hydrolysis) is 1. The highest BCUT2D eigenvalue weighted by Gasteiger charge is 2.39. The smallest absolute Gasteiger partial charge is 0.408 e. The van der Waals surface area contributed by atoms with E-state index in [0.29, 0.717) is 25.1 Å². The number of unbranched alkanes of at least 4 members (excludes halogenated alkanes) is 1. The third-order valence-electron chi connectivity index (χ3n) is 9.82. The molecule has 0 saturated carbocycles. The number of amides is 7. The van der Waals surface area contributed by atoms with Gasteiger partial charge in [0.25, 0.3) is 0 Å². The number of urea groups is 1. The van der Waals surface area contributed by atoms with Crippen molar-refractivity contribution in [2.75, 3.05) is 18.4 Å². The van der Waals surface area contributed by atoms with Gasteiger partial charge in [-0.3, -0.25) is 19.2 Å². The Balaban J connectivity index is 1.29. The maximum Gasteiger partial charge on any atom is 0.408 e. The number of aromatic amines is 1. The average molecular weight is 795 g/mol. The number of carbonyl (C=O) groups excluding carboxylic acids is 6. The summed E-state index contributed by atoms with van der Waals surface area (Å²) in [6, 6.07) is 20.0. The van der Waals surface area contributed by atoms with E-state index in [1.807, 2.05) is 79.7 Å². The number of aryl methyl sites for hydroxylation is 1. The second-order valence-corrected chi connectivity index (χ2v) is 15.6. The minimum Gasteiger partial charge on any atom is -0.444 e. The lowest BCUT2D eigenvalue weighted by Gasteiger charge is -2.27. The fraction of sp³-hybridized carbons (Fsp3) is 0.395. The number of primary amides is 1. The summed E-state index contributed by atoms with van der Waals surface area (Å²) in [5, 5.41) is 15.0. The van der Waals surface area contributed by atoms with E-state index in [0.717, 1.165) is 27.6 Å². The Hall–Kier alpha value is -6.38. The molecule has 0 radical (unpaired) electrons. The number of nitrogens with two attached hydrogens (primary N) is 1. The predicted octanol–water partition coefficient (Wildman–Crippen LogP) is 4.20. The molecule has 1 aliphatic heterocycles. The highest BCUT2D eigenvalue weighted by molar-refractivity contribution is 5.94. The number of nitrogens with one attached hydrogen (secondary N) is 6. The lowest BCUT2D eigenvalue weighted by molar-refractivity contribution is -0.136. The second kappa shape index (κ2) is 19.7. The molecule has 1 unspecified atom stereocenters. The zero-order valence-corrected chi connectivity index (χ0v) is 33.4. The normalized spacial score (nSPS) is 15.6. The van der Waals surface area contributed by atoms with E-state index >= 15 is 0 Å². The second-order valence-electron chi connectivity index (χ2n) is 15.6. The molecule has 8 N–H and O–H groups in total. The molecule has 3 aromatic carbocycles. The standard InChI is InChI=1S/C43H54N8O7/c1-27-14-8-10-18-32(27)49-41(56)45-21-13-12-20-34(39(54)47-30-24-37(52)51(26-30)36(38(44)53)22-28-15-6-5-7-16-28)48-40(55)35(50-42(57)58-43(2,3)4)23-29-25-46-33-19-11-9-17-31(29)33/h5-11,14-19,25,30,34-36,46H,12-13,20-24,26H2,1-4H3,(H2,44,53)(H,47,54)(H,48,55)(H,50,57)(H2,45,49,56)/t30-,34+,35?,36+/m1/s1. The predicted molar refractivity (Wildman–Crippen MR) is 221 cm³/mol. The van der Waals surface area contributed by atoms with Gasteiger partial charge in [-0.25, -0.2) is 9.59 Å². The highest BCUT2D eigenvalue weighted by atomic mass is 16.6. The first-order chi connectivity index (χ1) is 27.7. The van der Waals surface area contributed by atoms with Crippen LogP contribution in [0.2, 0.25) is 0 Å². The number of likely N-dealkylation sites (tertiary alicyclic amines) is 1. The number of hydrogen-bond donors (Lipinski definition) is 7. The summed E-state index contributed by atoms with van der Waals surface area (Å²) < 4.78 is 5.49. The first-order valence-electron chi connectivity index (χ1n) is 19.5. The number of benzene rings is 3.